The summed E-state index contributed by atoms with van der Waals surface area (Å²) < 4.78 is 5.51. The maximum absolute atomic E-state index is 5.51. The first-order valence-electron chi connectivity index (χ1n) is 8.46. The number of thioether (sulfide) groups is 1. The number of hydrogen-bond acceptors (Lipinski definition) is 7. The maximum atomic E-state index is 5.51. The molecule has 0 saturated carbocycles. The van der Waals surface area contributed by atoms with Gasteiger partial charge < -0.3 is 9.64 Å². The summed E-state index contributed by atoms with van der Waals surface area (Å²) >= 11 is 1.66. The molecule has 4 heterocycles. The van der Waals surface area contributed by atoms with Gasteiger partial charge in [0, 0.05) is 49.0 Å². The number of morpholine rings is 1. The maximum Gasteiger partial charge on any atom is 0.163 e. The van der Waals surface area contributed by atoms with Gasteiger partial charge >= 0.3 is 0 Å². The van der Waals surface area contributed by atoms with Crippen molar-refractivity contribution in [3.8, 4) is 22.6 Å². The summed E-state index contributed by atoms with van der Waals surface area (Å²) in [6.45, 7) is 3.07. The molecule has 0 spiro atoms. The monoisotopic (exact) mass is 365 g/mol. The zero-order chi connectivity index (χ0) is 17.8. The van der Waals surface area contributed by atoms with Gasteiger partial charge in [0.2, 0.25) is 0 Å². The van der Waals surface area contributed by atoms with Crippen LogP contribution in [0.4, 0.5) is 5.82 Å². The Hall–Kier alpha value is -2.51. The first-order valence-corrected chi connectivity index (χ1v) is 9.69. The van der Waals surface area contributed by atoms with Crippen molar-refractivity contribution in [3.63, 3.8) is 0 Å². The van der Waals surface area contributed by atoms with Crippen LogP contribution in [0.15, 0.2) is 53.9 Å². The number of rotatable bonds is 4. The van der Waals surface area contributed by atoms with E-state index in [4.69, 9.17) is 14.7 Å². The normalized spacial score (nSPS) is 14.4. The Morgan fingerprint density at radius 1 is 0.962 bits per heavy atom. The second-order valence-electron chi connectivity index (χ2n) is 5.84. The third-order valence-corrected chi connectivity index (χ3v) is 5.00. The summed E-state index contributed by atoms with van der Waals surface area (Å²) in [5, 5.41) is 0. The van der Waals surface area contributed by atoms with E-state index in [-0.39, 0.29) is 0 Å². The van der Waals surface area contributed by atoms with Gasteiger partial charge in [-0.1, -0.05) is 0 Å². The number of nitrogens with zero attached hydrogens (tertiary/aromatic N) is 5. The SMILES string of the molecule is CSc1c(-c2cccnc2)nc(-c2cccnc2)nc1N1CCOCC1. The van der Waals surface area contributed by atoms with Gasteiger partial charge in [-0.25, -0.2) is 9.97 Å². The molecular formula is C19H19N5OS. The van der Waals surface area contributed by atoms with Gasteiger partial charge in [-0.15, -0.1) is 11.8 Å². The fourth-order valence-corrected chi connectivity index (χ4v) is 3.65. The van der Waals surface area contributed by atoms with Crippen molar-refractivity contribution in [3.05, 3.63) is 49.1 Å². The zero-order valence-electron chi connectivity index (χ0n) is 14.5. The van der Waals surface area contributed by atoms with Gasteiger partial charge in [0.05, 0.1) is 23.8 Å². The minimum absolute atomic E-state index is 0.677. The Bertz CT molecular complexity index is 870. The molecule has 26 heavy (non-hydrogen) atoms. The van der Waals surface area contributed by atoms with Crippen LogP contribution in [0.3, 0.4) is 0 Å². The van der Waals surface area contributed by atoms with Crippen molar-refractivity contribution in [2.45, 2.75) is 4.90 Å². The molecule has 3 aromatic rings. The standard InChI is InChI=1S/C19H19N5OS/c1-26-17-16(14-4-2-6-20-12-14)22-18(15-5-3-7-21-13-15)23-19(17)24-8-10-25-11-9-24/h2-7,12-13H,8-11H2,1H3. The van der Waals surface area contributed by atoms with Crippen LogP contribution >= 0.6 is 11.8 Å². The van der Waals surface area contributed by atoms with Crippen molar-refractivity contribution >= 4 is 17.6 Å². The zero-order valence-corrected chi connectivity index (χ0v) is 15.3. The van der Waals surface area contributed by atoms with Crippen LogP contribution in [-0.4, -0.2) is 52.5 Å². The van der Waals surface area contributed by atoms with Crippen molar-refractivity contribution in [2.24, 2.45) is 0 Å². The summed E-state index contributed by atoms with van der Waals surface area (Å²) in [6, 6.07) is 7.85. The molecule has 6 nitrogen and oxygen atoms in total. The van der Waals surface area contributed by atoms with E-state index >= 15 is 0 Å². The fraction of sp³-hybridized carbons (Fsp3) is 0.263. The number of hydrogen-bond donors (Lipinski definition) is 0. The molecule has 132 valence electrons. The van der Waals surface area contributed by atoms with E-state index in [1.165, 1.54) is 0 Å². The number of pyridine rings is 2. The van der Waals surface area contributed by atoms with Gasteiger partial charge in [0.25, 0.3) is 0 Å². The van der Waals surface area contributed by atoms with Crippen LogP contribution in [0.5, 0.6) is 0 Å². The predicted molar refractivity (Wildman–Crippen MR) is 103 cm³/mol. The summed E-state index contributed by atoms with van der Waals surface area (Å²) in [7, 11) is 0. The molecule has 0 aromatic carbocycles. The minimum atomic E-state index is 0.677. The van der Waals surface area contributed by atoms with Crippen LogP contribution in [0.1, 0.15) is 0 Å². The molecule has 0 atom stereocenters. The highest BCUT2D eigenvalue weighted by Crippen LogP contribution is 2.37. The van der Waals surface area contributed by atoms with Crippen LogP contribution in [0.25, 0.3) is 22.6 Å². The highest BCUT2D eigenvalue weighted by atomic mass is 32.2. The van der Waals surface area contributed by atoms with Crippen molar-refractivity contribution in [1.82, 2.24) is 19.9 Å². The summed E-state index contributed by atoms with van der Waals surface area (Å²) in [5.74, 6) is 1.63. The molecule has 0 amide bonds. The largest absolute Gasteiger partial charge is 0.378 e. The van der Waals surface area contributed by atoms with E-state index < -0.39 is 0 Å². The molecule has 0 aliphatic carbocycles. The lowest BCUT2D eigenvalue weighted by Crippen LogP contribution is -2.37. The molecule has 0 N–H and O–H groups in total. The predicted octanol–water partition coefficient (Wildman–Crippen LogP) is 3.16. The van der Waals surface area contributed by atoms with Crippen molar-refractivity contribution in [2.75, 3.05) is 37.5 Å². The van der Waals surface area contributed by atoms with Crippen LogP contribution in [0, 0.1) is 0 Å². The number of ether oxygens (including phenoxy) is 1. The van der Waals surface area contributed by atoms with Gasteiger partial charge in [-0.3, -0.25) is 9.97 Å². The molecule has 0 radical (unpaired) electrons. The van der Waals surface area contributed by atoms with E-state index in [1.807, 2.05) is 30.5 Å². The second-order valence-corrected chi connectivity index (χ2v) is 6.65. The Morgan fingerprint density at radius 3 is 2.27 bits per heavy atom. The lowest BCUT2D eigenvalue weighted by molar-refractivity contribution is 0.122. The second kappa shape index (κ2) is 7.80. The first-order chi connectivity index (χ1) is 12.9. The average Bonchev–Trinajstić information content (AvgIpc) is 2.74. The van der Waals surface area contributed by atoms with E-state index in [1.54, 1.807) is 30.4 Å². The third kappa shape index (κ3) is 3.40. The van der Waals surface area contributed by atoms with Gasteiger partial charge in [-0.05, 0) is 30.5 Å². The van der Waals surface area contributed by atoms with Crippen LogP contribution in [0.2, 0.25) is 0 Å². The lowest BCUT2D eigenvalue weighted by atomic mass is 10.1. The molecule has 1 aliphatic rings. The minimum Gasteiger partial charge on any atom is -0.378 e. The van der Waals surface area contributed by atoms with E-state index in [9.17, 15) is 0 Å². The third-order valence-electron chi connectivity index (χ3n) is 4.22. The lowest BCUT2D eigenvalue weighted by Gasteiger charge is -2.30. The summed E-state index contributed by atoms with van der Waals surface area (Å²) in [5.41, 5.74) is 2.79. The topological polar surface area (TPSA) is 64.0 Å². The van der Waals surface area contributed by atoms with Crippen LogP contribution < -0.4 is 4.90 Å². The Labute approximate surface area is 156 Å². The molecule has 3 aromatic heterocycles. The van der Waals surface area contributed by atoms with Gasteiger partial charge in [-0.2, -0.15) is 0 Å². The highest BCUT2D eigenvalue weighted by Gasteiger charge is 2.22. The fourth-order valence-electron chi connectivity index (χ4n) is 2.94. The van der Waals surface area contributed by atoms with Crippen molar-refractivity contribution < 1.29 is 4.74 Å². The molecule has 0 unspecified atom stereocenters. The molecule has 0 bridgehead atoms. The number of anilines is 1. The Kier molecular flexibility index (Phi) is 5.08. The molecule has 1 aliphatic heterocycles. The highest BCUT2D eigenvalue weighted by molar-refractivity contribution is 7.98. The van der Waals surface area contributed by atoms with Gasteiger partial charge in [0.15, 0.2) is 5.82 Å². The quantitative estimate of drug-likeness (QED) is 0.658. The summed E-state index contributed by atoms with van der Waals surface area (Å²) in [4.78, 5) is 21.6. The van der Waals surface area contributed by atoms with E-state index in [2.05, 4.69) is 21.1 Å². The molecule has 1 saturated heterocycles. The molecule has 1 fully saturated rings. The average molecular weight is 365 g/mol. The summed E-state index contributed by atoms with van der Waals surface area (Å²) in [6.07, 6.45) is 9.23. The molecule has 7 heteroatoms. The molecular weight excluding hydrogens is 346 g/mol. The van der Waals surface area contributed by atoms with E-state index in [0.717, 1.165) is 40.6 Å². The number of aromatic nitrogens is 4. The Morgan fingerprint density at radius 2 is 1.65 bits per heavy atom. The smallest absolute Gasteiger partial charge is 0.163 e. The molecule has 4 rings (SSSR count). The Balaban J connectivity index is 1.91. The first kappa shape index (κ1) is 16.9. The van der Waals surface area contributed by atoms with E-state index in [0.29, 0.717) is 19.0 Å². The van der Waals surface area contributed by atoms with Gasteiger partial charge in [0.1, 0.15) is 5.82 Å². The van der Waals surface area contributed by atoms with Crippen LogP contribution in [-0.2, 0) is 4.74 Å². The van der Waals surface area contributed by atoms with Crippen molar-refractivity contribution in [1.29, 1.82) is 0 Å².